The normalized spacial score (nSPS) is 14.1. The van der Waals surface area contributed by atoms with Gasteiger partial charge >= 0.3 is 0 Å². The Labute approximate surface area is 203 Å². The van der Waals surface area contributed by atoms with Crippen LogP contribution in [-0.2, 0) is 6.54 Å². The average Bonchev–Trinajstić information content (AvgIpc) is 2.87. The van der Waals surface area contributed by atoms with Crippen molar-refractivity contribution in [2.45, 2.75) is 33.2 Å². The summed E-state index contributed by atoms with van der Waals surface area (Å²) in [4.78, 5) is 17.2. The largest absolute Gasteiger partial charge is 0.399 e. The zero-order chi connectivity index (χ0) is 23.9. The maximum absolute atomic E-state index is 12.8. The molecule has 3 aromatic rings. The first kappa shape index (κ1) is 23.8. The topological polar surface area (TPSA) is 49.6 Å². The van der Waals surface area contributed by atoms with Crippen molar-refractivity contribution in [3.8, 4) is 0 Å². The van der Waals surface area contributed by atoms with Crippen LogP contribution >= 0.6 is 0 Å². The van der Waals surface area contributed by atoms with Gasteiger partial charge in [-0.05, 0) is 73.2 Å². The summed E-state index contributed by atoms with van der Waals surface area (Å²) in [7, 11) is 0. The second-order valence-electron chi connectivity index (χ2n) is 8.92. The summed E-state index contributed by atoms with van der Waals surface area (Å²) >= 11 is 0. The Bertz CT molecular complexity index is 1120. The lowest BCUT2D eigenvalue weighted by atomic mass is 9.87. The van der Waals surface area contributed by atoms with Gasteiger partial charge in [0, 0.05) is 44.0 Å². The van der Waals surface area contributed by atoms with Crippen molar-refractivity contribution in [2.75, 3.05) is 31.9 Å². The molecular weight excluding hydrogens is 418 g/mol. The van der Waals surface area contributed by atoms with Crippen LogP contribution in [0.5, 0.6) is 0 Å². The molecule has 4 nitrogen and oxygen atoms in total. The number of carbonyl (C=O) groups excluding carboxylic acids is 1. The van der Waals surface area contributed by atoms with Gasteiger partial charge in [-0.1, -0.05) is 60.2 Å². The Morgan fingerprint density at radius 1 is 0.824 bits per heavy atom. The monoisotopic (exact) mass is 453 g/mol. The molecule has 0 saturated carbocycles. The number of likely N-dealkylation sites (tertiary alicyclic amines) is 1. The molecule has 3 aromatic carbocycles. The first-order valence-electron chi connectivity index (χ1n) is 12.3. The summed E-state index contributed by atoms with van der Waals surface area (Å²) < 4.78 is 0. The highest BCUT2D eigenvalue weighted by Crippen LogP contribution is 2.33. The van der Waals surface area contributed by atoms with E-state index >= 15 is 0 Å². The molecule has 4 rings (SSSR count). The van der Waals surface area contributed by atoms with Crippen LogP contribution in [0.3, 0.4) is 0 Å². The number of rotatable bonds is 7. The highest BCUT2D eigenvalue weighted by Gasteiger charge is 2.20. The van der Waals surface area contributed by atoms with Crippen LogP contribution in [0.25, 0.3) is 5.57 Å². The zero-order valence-corrected chi connectivity index (χ0v) is 20.3. The minimum Gasteiger partial charge on any atom is -0.399 e. The quantitative estimate of drug-likeness (QED) is 0.457. The first-order valence-corrected chi connectivity index (χ1v) is 12.3. The van der Waals surface area contributed by atoms with Crippen molar-refractivity contribution in [2.24, 2.45) is 0 Å². The van der Waals surface area contributed by atoms with E-state index in [1.165, 1.54) is 16.7 Å². The van der Waals surface area contributed by atoms with E-state index < -0.39 is 0 Å². The van der Waals surface area contributed by atoms with Gasteiger partial charge in [0.2, 0.25) is 0 Å². The van der Waals surface area contributed by atoms with Crippen molar-refractivity contribution in [1.82, 2.24) is 9.80 Å². The summed E-state index contributed by atoms with van der Waals surface area (Å²) in [6.45, 7) is 8.53. The molecule has 176 valence electrons. The Hall–Kier alpha value is -3.37. The number of benzene rings is 3. The van der Waals surface area contributed by atoms with E-state index in [4.69, 9.17) is 5.73 Å². The van der Waals surface area contributed by atoms with Crippen LogP contribution in [0, 0.1) is 0 Å². The first-order chi connectivity index (χ1) is 16.6. The second-order valence-corrected chi connectivity index (χ2v) is 8.92. The van der Waals surface area contributed by atoms with Crippen LogP contribution in [-0.4, -0.2) is 41.9 Å². The maximum Gasteiger partial charge on any atom is 0.253 e. The molecule has 1 saturated heterocycles. The van der Waals surface area contributed by atoms with Gasteiger partial charge in [-0.25, -0.2) is 0 Å². The number of nitrogens with zero attached hydrogens (tertiary/aromatic N) is 2. The van der Waals surface area contributed by atoms with Gasteiger partial charge in [0.05, 0.1) is 0 Å². The molecular formula is C30H35N3O. The highest BCUT2D eigenvalue weighted by atomic mass is 16.2. The molecule has 1 aliphatic heterocycles. The Morgan fingerprint density at radius 2 is 1.47 bits per heavy atom. The van der Waals surface area contributed by atoms with Gasteiger partial charge in [0.1, 0.15) is 0 Å². The molecule has 34 heavy (non-hydrogen) atoms. The highest BCUT2D eigenvalue weighted by molar-refractivity contribution is 5.95. The molecule has 1 heterocycles. The van der Waals surface area contributed by atoms with Crippen LogP contribution in [0.4, 0.5) is 5.69 Å². The second kappa shape index (κ2) is 11.2. The molecule has 2 N–H and O–H groups in total. The van der Waals surface area contributed by atoms with Gasteiger partial charge in [-0.2, -0.15) is 0 Å². The SMILES string of the molecule is CCN(CC)C(=O)c1ccc(C(=C2CCN(Cc3ccccc3)CC2)c2cccc(N)c2)cc1. The Balaban J connectivity index is 1.61. The van der Waals surface area contributed by atoms with E-state index in [9.17, 15) is 4.79 Å². The molecule has 0 aromatic heterocycles. The molecule has 0 atom stereocenters. The number of hydrogen-bond acceptors (Lipinski definition) is 3. The van der Waals surface area contributed by atoms with Crippen LogP contribution < -0.4 is 5.73 Å². The predicted octanol–water partition coefficient (Wildman–Crippen LogP) is 5.85. The smallest absolute Gasteiger partial charge is 0.253 e. The van der Waals surface area contributed by atoms with Gasteiger partial charge in [-0.15, -0.1) is 0 Å². The van der Waals surface area contributed by atoms with E-state index in [0.717, 1.165) is 67.9 Å². The number of piperidine rings is 1. The number of nitrogens with two attached hydrogens (primary N) is 1. The maximum atomic E-state index is 12.8. The third kappa shape index (κ3) is 5.57. The fraction of sp³-hybridized carbons (Fsp3) is 0.300. The van der Waals surface area contributed by atoms with Crippen molar-refractivity contribution < 1.29 is 4.79 Å². The number of carbonyl (C=O) groups is 1. The van der Waals surface area contributed by atoms with Gasteiger partial charge in [0.25, 0.3) is 5.91 Å². The summed E-state index contributed by atoms with van der Waals surface area (Å²) in [5.41, 5.74) is 14.0. The van der Waals surface area contributed by atoms with Crippen molar-refractivity contribution >= 4 is 17.2 Å². The van der Waals surface area contributed by atoms with E-state index in [1.807, 2.05) is 43.0 Å². The van der Waals surface area contributed by atoms with Crippen LogP contribution in [0.2, 0.25) is 0 Å². The Kier molecular flexibility index (Phi) is 7.81. The lowest BCUT2D eigenvalue weighted by Crippen LogP contribution is -2.30. The predicted molar refractivity (Wildman–Crippen MR) is 142 cm³/mol. The van der Waals surface area contributed by atoms with Crippen LogP contribution in [0.1, 0.15) is 53.7 Å². The van der Waals surface area contributed by atoms with E-state index in [1.54, 1.807) is 0 Å². The van der Waals surface area contributed by atoms with Gasteiger partial charge in [-0.3, -0.25) is 9.69 Å². The van der Waals surface area contributed by atoms with E-state index in [-0.39, 0.29) is 5.91 Å². The molecule has 0 bridgehead atoms. The molecule has 1 amide bonds. The molecule has 0 aliphatic carbocycles. The summed E-state index contributed by atoms with van der Waals surface area (Å²) in [5.74, 6) is 0.0870. The zero-order valence-electron chi connectivity index (χ0n) is 20.3. The molecule has 0 unspecified atom stereocenters. The third-order valence-corrected chi connectivity index (χ3v) is 6.71. The Morgan fingerprint density at radius 3 is 2.09 bits per heavy atom. The molecule has 1 aliphatic rings. The number of nitrogen functional groups attached to an aromatic ring is 1. The molecule has 1 fully saturated rings. The van der Waals surface area contributed by atoms with Crippen LogP contribution in [0.15, 0.2) is 84.4 Å². The molecule has 4 heteroatoms. The molecule has 0 radical (unpaired) electrons. The van der Waals surface area contributed by atoms with E-state index in [0.29, 0.717) is 0 Å². The fourth-order valence-electron chi connectivity index (χ4n) is 4.81. The number of hydrogen-bond donors (Lipinski definition) is 1. The summed E-state index contributed by atoms with van der Waals surface area (Å²) in [6.07, 6.45) is 2.05. The number of anilines is 1. The summed E-state index contributed by atoms with van der Waals surface area (Å²) in [6, 6.07) is 27.0. The molecule has 0 spiro atoms. The lowest BCUT2D eigenvalue weighted by molar-refractivity contribution is 0.0773. The number of amides is 1. The average molecular weight is 454 g/mol. The van der Waals surface area contributed by atoms with Gasteiger partial charge < -0.3 is 10.6 Å². The third-order valence-electron chi connectivity index (χ3n) is 6.71. The van der Waals surface area contributed by atoms with E-state index in [2.05, 4.69) is 59.5 Å². The summed E-state index contributed by atoms with van der Waals surface area (Å²) in [5, 5.41) is 0. The standard InChI is InChI=1S/C30H35N3O/c1-3-33(4-2)30(34)26-15-13-24(14-16-26)29(27-11-8-12-28(31)21-27)25-17-19-32(20-18-25)22-23-9-6-5-7-10-23/h5-16,21H,3-4,17-20,22,31H2,1-2H3. The minimum absolute atomic E-state index is 0.0870. The van der Waals surface area contributed by atoms with Crippen molar-refractivity contribution in [3.05, 3.63) is 107 Å². The van der Waals surface area contributed by atoms with Crippen molar-refractivity contribution in [1.29, 1.82) is 0 Å². The lowest BCUT2D eigenvalue weighted by Gasteiger charge is -2.30. The van der Waals surface area contributed by atoms with Crippen molar-refractivity contribution in [3.63, 3.8) is 0 Å². The minimum atomic E-state index is 0.0870. The fourth-order valence-corrected chi connectivity index (χ4v) is 4.81. The van der Waals surface area contributed by atoms with Gasteiger partial charge in [0.15, 0.2) is 0 Å².